The Morgan fingerprint density at radius 2 is 1.11 bits per heavy atom. The quantitative estimate of drug-likeness (QED) is 0.126. The van der Waals surface area contributed by atoms with Crippen LogP contribution in [0.2, 0.25) is 0 Å². The summed E-state index contributed by atoms with van der Waals surface area (Å²) >= 11 is 0. The van der Waals surface area contributed by atoms with Crippen LogP contribution in [0.15, 0.2) is 175 Å². The van der Waals surface area contributed by atoms with Gasteiger partial charge in [0, 0.05) is 11.1 Å². The fourth-order valence-corrected chi connectivity index (χ4v) is 4.75. The van der Waals surface area contributed by atoms with Crippen molar-refractivity contribution in [2.24, 2.45) is 10.7 Å². The highest BCUT2D eigenvalue weighted by Crippen LogP contribution is 2.24. The third-order valence-corrected chi connectivity index (χ3v) is 6.75. The summed E-state index contributed by atoms with van der Waals surface area (Å²) in [5.74, 6) is 0. The molecule has 3 nitrogen and oxygen atoms in total. The average Bonchev–Trinajstić information content (AvgIpc) is 3.11. The van der Waals surface area contributed by atoms with Crippen LogP contribution in [0.3, 0.4) is 0 Å². The molecule has 0 saturated carbocycles. The van der Waals surface area contributed by atoms with Crippen molar-refractivity contribution >= 4 is 12.4 Å². The van der Waals surface area contributed by atoms with Gasteiger partial charge in [-0.25, -0.2) is 0 Å². The van der Waals surface area contributed by atoms with Crippen LogP contribution in [0.1, 0.15) is 22.3 Å². The number of nitrogens with one attached hydrogen (secondary N) is 1. The molecule has 5 rings (SSSR count). The maximum absolute atomic E-state index is 5.50. The molecular weight excluding hydrogens is 534 g/mol. The minimum atomic E-state index is 0.599. The summed E-state index contributed by atoms with van der Waals surface area (Å²) in [6.45, 7) is 6.83. The lowest BCUT2D eigenvalue weighted by atomic mass is 9.96. The second-order valence-corrected chi connectivity index (χ2v) is 9.63. The van der Waals surface area contributed by atoms with Gasteiger partial charge in [-0.15, -0.1) is 0 Å². The summed E-state index contributed by atoms with van der Waals surface area (Å²) in [6, 6.07) is 47.1. The van der Waals surface area contributed by atoms with Crippen molar-refractivity contribution in [3.63, 3.8) is 0 Å². The SMILES string of the molecule is C=C/C=C\C=C/Cc1cccc(C(=NCc2cccc(-c3ccccc3)c2)c2cccc(-c3ccccc3)c2)c1.C=N.CN. The van der Waals surface area contributed by atoms with Gasteiger partial charge in [0.1, 0.15) is 0 Å². The van der Waals surface area contributed by atoms with Crippen LogP contribution < -0.4 is 5.73 Å². The lowest BCUT2D eigenvalue weighted by Crippen LogP contribution is -2.05. The first-order chi connectivity index (χ1) is 21.8. The molecule has 0 bridgehead atoms. The van der Waals surface area contributed by atoms with Crippen LogP contribution in [0.5, 0.6) is 0 Å². The number of hydrogen-bond acceptors (Lipinski definition) is 3. The largest absolute Gasteiger partial charge is 0.333 e. The van der Waals surface area contributed by atoms with Crippen molar-refractivity contribution in [3.05, 3.63) is 193 Å². The zero-order valence-electron chi connectivity index (χ0n) is 25.4. The van der Waals surface area contributed by atoms with Crippen molar-refractivity contribution in [1.82, 2.24) is 0 Å². The first kappa shape index (κ1) is 33.1. The highest BCUT2D eigenvalue weighted by Gasteiger charge is 2.10. The number of allylic oxidation sites excluding steroid dienone is 5. The lowest BCUT2D eigenvalue weighted by molar-refractivity contribution is 1.07. The fourth-order valence-electron chi connectivity index (χ4n) is 4.75. The molecule has 3 heteroatoms. The highest BCUT2D eigenvalue weighted by atomic mass is 14.7. The molecule has 0 radical (unpaired) electrons. The molecule has 0 saturated heterocycles. The van der Waals surface area contributed by atoms with Crippen LogP contribution in [-0.2, 0) is 13.0 Å². The second kappa shape index (κ2) is 18.9. The van der Waals surface area contributed by atoms with Gasteiger partial charge in [-0.1, -0.05) is 152 Å². The van der Waals surface area contributed by atoms with Crippen molar-refractivity contribution in [2.45, 2.75) is 13.0 Å². The number of benzene rings is 5. The Bertz CT molecular complexity index is 1670. The summed E-state index contributed by atoms with van der Waals surface area (Å²) in [5.41, 5.74) is 15.0. The highest BCUT2D eigenvalue weighted by molar-refractivity contribution is 6.13. The predicted molar refractivity (Wildman–Crippen MR) is 192 cm³/mol. The van der Waals surface area contributed by atoms with Crippen molar-refractivity contribution < 1.29 is 0 Å². The summed E-state index contributed by atoms with van der Waals surface area (Å²) in [6.07, 6.45) is 10.8. The molecule has 5 aromatic carbocycles. The van der Waals surface area contributed by atoms with Crippen LogP contribution in [0.25, 0.3) is 22.3 Å². The summed E-state index contributed by atoms with van der Waals surface area (Å²) < 4.78 is 0. The molecular formula is C41H41N3. The standard InChI is InChI=1S/C39H33N.CH5N.CH3N/c1-2-3-4-5-8-16-31-17-13-25-37(27-31)39(38-26-15-24-36(29-38)34-21-11-7-12-22-34)40-30-32-18-14-23-35(28-32)33-19-9-6-10-20-33;2*1-2/h2-15,17-29H,1,16,30H2;2H2,1H3;2H,1H2/b4-3-,8-5-,40-39?;;. The Balaban J connectivity index is 0.00000127. The van der Waals surface area contributed by atoms with Crippen molar-refractivity contribution in [1.29, 1.82) is 5.41 Å². The molecule has 5 aromatic rings. The maximum Gasteiger partial charge on any atom is 0.0723 e. The van der Waals surface area contributed by atoms with Gasteiger partial charge in [-0.05, 0) is 71.8 Å². The minimum Gasteiger partial charge on any atom is -0.333 e. The third kappa shape index (κ3) is 9.87. The third-order valence-electron chi connectivity index (χ3n) is 6.75. The molecule has 0 unspecified atom stereocenters. The van der Waals surface area contributed by atoms with Gasteiger partial charge in [0.2, 0.25) is 0 Å². The van der Waals surface area contributed by atoms with E-state index in [0.29, 0.717) is 6.54 Å². The molecule has 220 valence electrons. The number of nitrogens with two attached hydrogens (primary N) is 1. The van der Waals surface area contributed by atoms with Crippen molar-refractivity contribution in [3.8, 4) is 22.3 Å². The van der Waals surface area contributed by atoms with Gasteiger partial charge in [-0.3, -0.25) is 4.99 Å². The minimum absolute atomic E-state index is 0.599. The van der Waals surface area contributed by atoms with Crippen LogP contribution in [0.4, 0.5) is 0 Å². The summed E-state index contributed by atoms with van der Waals surface area (Å²) in [7, 11) is 1.50. The first-order valence-electron chi connectivity index (χ1n) is 14.6. The summed E-state index contributed by atoms with van der Waals surface area (Å²) in [4.78, 5) is 5.24. The molecule has 0 amide bonds. The predicted octanol–water partition coefficient (Wildman–Crippen LogP) is 9.74. The smallest absolute Gasteiger partial charge is 0.0723 e. The molecule has 0 fully saturated rings. The molecule has 44 heavy (non-hydrogen) atoms. The van der Waals surface area contributed by atoms with Gasteiger partial charge >= 0.3 is 0 Å². The number of nitrogens with zero attached hydrogens (tertiary/aromatic N) is 1. The molecule has 0 atom stereocenters. The molecule has 0 aromatic heterocycles. The molecule has 0 spiro atoms. The Hall–Kier alpha value is -5.38. The first-order valence-corrected chi connectivity index (χ1v) is 14.6. The van der Waals surface area contributed by atoms with Crippen LogP contribution in [-0.4, -0.2) is 19.5 Å². The van der Waals surface area contributed by atoms with Gasteiger partial charge in [-0.2, -0.15) is 0 Å². The average molecular weight is 576 g/mol. The van der Waals surface area contributed by atoms with Crippen LogP contribution >= 0.6 is 0 Å². The molecule has 3 N–H and O–H groups in total. The van der Waals surface area contributed by atoms with Crippen molar-refractivity contribution in [2.75, 3.05) is 7.05 Å². The van der Waals surface area contributed by atoms with E-state index in [1.54, 1.807) is 6.08 Å². The Labute approximate surface area is 263 Å². The van der Waals surface area contributed by atoms with E-state index in [1.165, 1.54) is 40.4 Å². The second-order valence-electron chi connectivity index (χ2n) is 9.63. The van der Waals surface area contributed by atoms with Gasteiger partial charge in [0.15, 0.2) is 0 Å². The van der Waals surface area contributed by atoms with Gasteiger partial charge < -0.3 is 11.1 Å². The molecule has 0 aliphatic carbocycles. The van der Waals surface area contributed by atoms with E-state index in [4.69, 9.17) is 10.4 Å². The van der Waals surface area contributed by atoms with Gasteiger partial charge in [0.25, 0.3) is 0 Å². The topological polar surface area (TPSA) is 62.2 Å². The molecule has 0 aliphatic heterocycles. The number of hydrogen-bond donors (Lipinski definition) is 2. The van der Waals surface area contributed by atoms with E-state index >= 15 is 0 Å². The van der Waals surface area contributed by atoms with E-state index in [-0.39, 0.29) is 0 Å². The number of rotatable bonds is 10. The maximum atomic E-state index is 5.50. The Morgan fingerprint density at radius 1 is 0.591 bits per heavy atom. The van der Waals surface area contributed by atoms with Crippen LogP contribution in [0, 0.1) is 5.41 Å². The monoisotopic (exact) mass is 575 g/mol. The zero-order chi connectivity index (χ0) is 31.4. The fraction of sp³-hybridized carbons (Fsp3) is 0.0732. The lowest BCUT2D eigenvalue weighted by Gasteiger charge is -2.12. The molecule has 0 heterocycles. The van der Waals surface area contributed by atoms with E-state index in [0.717, 1.165) is 23.3 Å². The zero-order valence-corrected chi connectivity index (χ0v) is 25.4. The van der Waals surface area contributed by atoms with E-state index in [1.807, 2.05) is 12.2 Å². The van der Waals surface area contributed by atoms with E-state index < -0.39 is 0 Å². The summed E-state index contributed by atoms with van der Waals surface area (Å²) in [5, 5.41) is 5.50. The number of aliphatic imine (C=N–C) groups is 1. The Morgan fingerprint density at radius 3 is 1.75 bits per heavy atom. The van der Waals surface area contributed by atoms with E-state index in [9.17, 15) is 0 Å². The van der Waals surface area contributed by atoms with Gasteiger partial charge in [0.05, 0.1) is 12.3 Å². The normalized spacial score (nSPS) is 10.9. The Kier molecular flexibility index (Phi) is 14.3. The van der Waals surface area contributed by atoms with E-state index in [2.05, 4.69) is 165 Å². The molecule has 0 aliphatic rings.